The van der Waals surface area contributed by atoms with Crippen molar-refractivity contribution in [3.63, 3.8) is 0 Å². The molecule has 1 aromatic carbocycles. The number of rotatable bonds is 8. The number of hydrogen-bond acceptors (Lipinski definition) is 5. The lowest BCUT2D eigenvalue weighted by molar-refractivity contribution is 0.00970. The summed E-state index contributed by atoms with van der Waals surface area (Å²) in [4.78, 5) is 29.6. The summed E-state index contributed by atoms with van der Waals surface area (Å²) in [5, 5.41) is 0. The summed E-state index contributed by atoms with van der Waals surface area (Å²) < 4.78 is 11.4. The molecule has 0 saturated heterocycles. The van der Waals surface area contributed by atoms with Crippen LogP contribution in [0.1, 0.15) is 91.2 Å². The van der Waals surface area contributed by atoms with E-state index in [-0.39, 0.29) is 18.2 Å². The maximum absolute atomic E-state index is 13.0. The summed E-state index contributed by atoms with van der Waals surface area (Å²) >= 11 is 0. The van der Waals surface area contributed by atoms with Gasteiger partial charge in [-0.2, -0.15) is 0 Å². The number of hydrogen-bond donors (Lipinski definition) is 1. The Balaban J connectivity index is 2.11. The predicted octanol–water partition coefficient (Wildman–Crippen LogP) is 5.84. The van der Waals surface area contributed by atoms with Crippen molar-refractivity contribution in [2.45, 2.75) is 110 Å². The van der Waals surface area contributed by atoms with Gasteiger partial charge in [-0.3, -0.25) is 0 Å². The van der Waals surface area contributed by atoms with Gasteiger partial charge in [0.15, 0.2) is 0 Å². The van der Waals surface area contributed by atoms with Crippen LogP contribution in [0.4, 0.5) is 9.59 Å². The molecule has 192 valence electrons. The number of nitrogens with zero attached hydrogens (tertiary/aromatic N) is 2. The van der Waals surface area contributed by atoms with Gasteiger partial charge in [-0.15, -0.1) is 0 Å². The standard InChI is InChI=1S/C27H45N3O4/c1-26(2,3)33-24(31)29(20-22-13-10-12-21(18-22)19-28)16-11-17-30(23-14-8-7-9-15-23)25(32)34-27(4,5)6/h10,12-13,18,23H,7-9,11,14-17,19-20,28H2,1-6H3. The van der Waals surface area contributed by atoms with E-state index in [0.29, 0.717) is 32.6 Å². The van der Waals surface area contributed by atoms with Crippen LogP contribution in [0.5, 0.6) is 0 Å². The van der Waals surface area contributed by atoms with E-state index in [1.54, 1.807) is 4.90 Å². The normalized spacial score (nSPS) is 15.0. The molecule has 1 aliphatic rings. The van der Waals surface area contributed by atoms with E-state index in [4.69, 9.17) is 15.2 Å². The Labute approximate surface area is 205 Å². The van der Waals surface area contributed by atoms with Gasteiger partial charge in [0.25, 0.3) is 0 Å². The van der Waals surface area contributed by atoms with E-state index in [1.807, 2.05) is 70.7 Å². The fourth-order valence-corrected chi connectivity index (χ4v) is 4.20. The Morgan fingerprint density at radius 2 is 1.50 bits per heavy atom. The third-order valence-electron chi connectivity index (χ3n) is 5.72. The Bertz CT molecular complexity index is 792. The minimum atomic E-state index is -0.584. The number of nitrogens with two attached hydrogens (primary N) is 1. The number of ether oxygens (including phenoxy) is 2. The third kappa shape index (κ3) is 9.92. The zero-order chi connectivity index (χ0) is 25.4. The van der Waals surface area contributed by atoms with Crippen molar-refractivity contribution in [1.29, 1.82) is 0 Å². The molecule has 2 amide bonds. The molecule has 0 atom stereocenters. The maximum Gasteiger partial charge on any atom is 0.410 e. The predicted molar refractivity (Wildman–Crippen MR) is 135 cm³/mol. The molecule has 1 aromatic rings. The molecule has 0 heterocycles. The highest BCUT2D eigenvalue weighted by molar-refractivity contribution is 5.69. The number of benzene rings is 1. The van der Waals surface area contributed by atoms with Crippen LogP contribution in [0.3, 0.4) is 0 Å². The third-order valence-corrected chi connectivity index (χ3v) is 5.72. The summed E-state index contributed by atoms with van der Waals surface area (Å²) in [7, 11) is 0. The second kappa shape index (κ2) is 12.4. The van der Waals surface area contributed by atoms with Crippen LogP contribution in [0.15, 0.2) is 24.3 Å². The monoisotopic (exact) mass is 475 g/mol. The Kier molecular flexibility index (Phi) is 10.2. The first-order chi connectivity index (χ1) is 15.9. The largest absolute Gasteiger partial charge is 0.444 e. The number of carbonyl (C=O) groups is 2. The Morgan fingerprint density at radius 1 is 0.912 bits per heavy atom. The molecule has 0 aromatic heterocycles. The molecule has 1 fully saturated rings. The lowest BCUT2D eigenvalue weighted by Crippen LogP contribution is -2.45. The maximum atomic E-state index is 13.0. The highest BCUT2D eigenvalue weighted by Gasteiger charge is 2.30. The van der Waals surface area contributed by atoms with Crippen molar-refractivity contribution in [2.24, 2.45) is 5.73 Å². The molecule has 0 bridgehead atoms. The van der Waals surface area contributed by atoms with Crippen LogP contribution in [-0.2, 0) is 22.6 Å². The average Bonchev–Trinajstić information content (AvgIpc) is 2.74. The average molecular weight is 476 g/mol. The first kappa shape index (κ1) is 28.0. The van der Waals surface area contributed by atoms with Crippen LogP contribution in [0, 0.1) is 0 Å². The second-order valence-electron chi connectivity index (χ2n) is 11.2. The van der Waals surface area contributed by atoms with Gasteiger partial charge >= 0.3 is 12.2 Å². The van der Waals surface area contributed by atoms with E-state index in [1.165, 1.54) is 6.42 Å². The molecule has 2 rings (SSSR count). The lowest BCUT2D eigenvalue weighted by Gasteiger charge is -2.36. The lowest BCUT2D eigenvalue weighted by atomic mass is 9.94. The molecule has 7 nitrogen and oxygen atoms in total. The summed E-state index contributed by atoms with van der Waals surface area (Å²) in [5.41, 5.74) is 6.70. The van der Waals surface area contributed by atoms with Gasteiger partial charge in [-0.1, -0.05) is 43.5 Å². The van der Waals surface area contributed by atoms with Gasteiger partial charge in [0, 0.05) is 32.2 Å². The molecular formula is C27H45N3O4. The SMILES string of the molecule is CC(C)(C)OC(=O)N(CCCN(C(=O)OC(C)(C)C)C1CCCCC1)Cc1cccc(CN)c1. The summed E-state index contributed by atoms with van der Waals surface area (Å²) in [6.45, 7) is 13.2. The Morgan fingerprint density at radius 3 is 2.09 bits per heavy atom. The van der Waals surface area contributed by atoms with Gasteiger partial charge in [0.2, 0.25) is 0 Å². The summed E-state index contributed by atoms with van der Waals surface area (Å²) in [6, 6.07) is 8.14. The zero-order valence-corrected chi connectivity index (χ0v) is 22.1. The van der Waals surface area contributed by atoms with Gasteiger partial charge in [0.05, 0.1) is 0 Å². The van der Waals surface area contributed by atoms with Crippen molar-refractivity contribution in [3.8, 4) is 0 Å². The minimum absolute atomic E-state index is 0.194. The quantitative estimate of drug-likeness (QED) is 0.510. The molecule has 1 aliphatic carbocycles. The molecule has 1 saturated carbocycles. The molecule has 7 heteroatoms. The molecular weight excluding hydrogens is 430 g/mol. The van der Waals surface area contributed by atoms with Crippen LogP contribution < -0.4 is 5.73 Å². The minimum Gasteiger partial charge on any atom is -0.444 e. The van der Waals surface area contributed by atoms with E-state index in [2.05, 4.69) is 0 Å². The van der Waals surface area contributed by atoms with Gasteiger partial charge < -0.3 is 25.0 Å². The molecule has 34 heavy (non-hydrogen) atoms. The highest BCUT2D eigenvalue weighted by atomic mass is 16.6. The number of amides is 2. The van der Waals surface area contributed by atoms with Crippen LogP contribution in [-0.4, -0.2) is 52.3 Å². The fraction of sp³-hybridized carbons (Fsp3) is 0.704. The zero-order valence-electron chi connectivity index (χ0n) is 22.1. The molecule has 0 radical (unpaired) electrons. The Hall–Kier alpha value is -2.28. The molecule has 0 aliphatic heterocycles. The van der Waals surface area contributed by atoms with Gasteiger partial charge in [-0.05, 0) is 71.9 Å². The summed E-state index contributed by atoms with van der Waals surface area (Å²) in [6.07, 6.45) is 5.50. The topological polar surface area (TPSA) is 85.1 Å². The van der Waals surface area contributed by atoms with Gasteiger partial charge in [-0.25, -0.2) is 9.59 Å². The molecule has 0 unspecified atom stereocenters. The van der Waals surface area contributed by atoms with Crippen LogP contribution in [0.2, 0.25) is 0 Å². The van der Waals surface area contributed by atoms with Crippen molar-refractivity contribution >= 4 is 12.2 Å². The van der Waals surface area contributed by atoms with Crippen molar-refractivity contribution in [3.05, 3.63) is 35.4 Å². The van der Waals surface area contributed by atoms with E-state index < -0.39 is 11.2 Å². The van der Waals surface area contributed by atoms with E-state index in [0.717, 1.165) is 36.8 Å². The van der Waals surface area contributed by atoms with Crippen molar-refractivity contribution in [2.75, 3.05) is 13.1 Å². The smallest absolute Gasteiger partial charge is 0.410 e. The van der Waals surface area contributed by atoms with E-state index >= 15 is 0 Å². The molecule has 0 spiro atoms. The molecule has 2 N–H and O–H groups in total. The van der Waals surface area contributed by atoms with Crippen molar-refractivity contribution < 1.29 is 19.1 Å². The van der Waals surface area contributed by atoms with Crippen LogP contribution in [0.25, 0.3) is 0 Å². The first-order valence-corrected chi connectivity index (χ1v) is 12.6. The summed E-state index contributed by atoms with van der Waals surface area (Å²) in [5.74, 6) is 0. The number of carbonyl (C=O) groups excluding carboxylic acids is 2. The second-order valence-corrected chi connectivity index (χ2v) is 11.2. The fourth-order valence-electron chi connectivity index (χ4n) is 4.20. The highest BCUT2D eigenvalue weighted by Crippen LogP contribution is 2.25. The van der Waals surface area contributed by atoms with E-state index in [9.17, 15) is 9.59 Å². The van der Waals surface area contributed by atoms with Gasteiger partial charge in [0.1, 0.15) is 11.2 Å². The first-order valence-electron chi connectivity index (χ1n) is 12.6. The van der Waals surface area contributed by atoms with Crippen molar-refractivity contribution in [1.82, 2.24) is 9.80 Å². The van der Waals surface area contributed by atoms with Crippen LogP contribution >= 0.6 is 0 Å².